The summed E-state index contributed by atoms with van der Waals surface area (Å²) < 4.78 is 6.06. The molecule has 4 nitrogen and oxygen atoms in total. The Kier molecular flexibility index (Phi) is 4.73. The molecule has 0 amide bonds. The van der Waals surface area contributed by atoms with E-state index in [1.54, 1.807) is 6.20 Å². The molecule has 2 aromatic rings. The Morgan fingerprint density at radius 3 is 2.55 bits per heavy atom. The Bertz CT molecular complexity index is 574. The van der Waals surface area contributed by atoms with Crippen LogP contribution in [0.4, 0.5) is 0 Å². The summed E-state index contributed by atoms with van der Waals surface area (Å²) in [6, 6.07) is 7.59. The Balaban J connectivity index is 2.49. The van der Waals surface area contributed by atoms with Gasteiger partial charge in [-0.1, -0.05) is 41.4 Å². The molecule has 2 rings (SSSR count). The van der Waals surface area contributed by atoms with Crippen LogP contribution in [-0.4, -0.2) is 22.2 Å². The molecule has 1 N–H and O–H groups in total. The monoisotopic (exact) mass is 336 g/mol. The minimum Gasteiger partial charge on any atom is -0.480 e. The molecule has 0 saturated heterocycles. The van der Waals surface area contributed by atoms with E-state index in [1.165, 1.54) is 13.3 Å². The quantitative estimate of drug-likeness (QED) is 0.910. The lowest BCUT2D eigenvalue weighted by Crippen LogP contribution is -2.28. The highest BCUT2D eigenvalue weighted by atomic mass is 79.9. The standard InChI is InChI=1S/C15H17BrN2O2/c1-3-8-15(19,11-4-6-12(16)7-5-11)13-9-17-10-14(18-13)20-2/h4-7,9-10,19H,3,8H2,1-2H3. The van der Waals surface area contributed by atoms with E-state index in [0.29, 0.717) is 18.0 Å². The first-order valence-corrected chi connectivity index (χ1v) is 7.24. The van der Waals surface area contributed by atoms with Crippen molar-refractivity contribution in [2.24, 2.45) is 0 Å². The lowest BCUT2D eigenvalue weighted by Gasteiger charge is -2.27. The van der Waals surface area contributed by atoms with E-state index in [1.807, 2.05) is 31.2 Å². The molecule has 0 fully saturated rings. The van der Waals surface area contributed by atoms with Gasteiger partial charge in [-0.25, -0.2) is 4.98 Å². The van der Waals surface area contributed by atoms with E-state index in [2.05, 4.69) is 25.9 Å². The fourth-order valence-electron chi connectivity index (χ4n) is 2.15. The van der Waals surface area contributed by atoms with Gasteiger partial charge in [0, 0.05) is 4.47 Å². The molecule has 1 heterocycles. The van der Waals surface area contributed by atoms with Crippen molar-refractivity contribution in [1.29, 1.82) is 0 Å². The molecule has 5 heteroatoms. The number of nitrogens with zero attached hydrogens (tertiary/aromatic N) is 2. The smallest absolute Gasteiger partial charge is 0.232 e. The Labute approximate surface area is 127 Å². The summed E-state index contributed by atoms with van der Waals surface area (Å²) in [5.74, 6) is 0.397. The van der Waals surface area contributed by atoms with Gasteiger partial charge in [-0.2, -0.15) is 0 Å². The predicted octanol–water partition coefficient (Wildman–Crippen LogP) is 3.28. The molecule has 1 unspecified atom stereocenters. The van der Waals surface area contributed by atoms with Crippen LogP contribution in [0.2, 0.25) is 0 Å². The van der Waals surface area contributed by atoms with E-state index < -0.39 is 5.60 Å². The summed E-state index contributed by atoms with van der Waals surface area (Å²) >= 11 is 3.40. The zero-order valence-corrected chi connectivity index (χ0v) is 13.1. The van der Waals surface area contributed by atoms with Gasteiger partial charge in [0.25, 0.3) is 0 Å². The van der Waals surface area contributed by atoms with Crippen LogP contribution in [0.25, 0.3) is 0 Å². The minimum absolute atomic E-state index is 0.397. The van der Waals surface area contributed by atoms with Crippen molar-refractivity contribution in [1.82, 2.24) is 9.97 Å². The van der Waals surface area contributed by atoms with Crippen molar-refractivity contribution >= 4 is 15.9 Å². The zero-order chi connectivity index (χ0) is 14.6. The second kappa shape index (κ2) is 6.33. The molecule has 0 aliphatic rings. The maximum absolute atomic E-state index is 11.1. The average Bonchev–Trinajstić information content (AvgIpc) is 2.48. The minimum atomic E-state index is -1.16. The molecule has 20 heavy (non-hydrogen) atoms. The zero-order valence-electron chi connectivity index (χ0n) is 11.5. The van der Waals surface area contributed by atoms with Gasteiger partial charge >= 0.3 is 0 Å². The lowest BCUT2D eigenvalue weighted by atomic mass is 9.86. The lowest BCUT2D eigenvalue weighted by molar-refractivity contribution is 0.0645. The van der Waals surface area contributed by atoms with Crippen molar-refractivity contribution in [2.45, 2.75) is 25.4 Å². The van der Waals surface area contributed by atoms with Crippen LogP contribution < -0.4 is 4.74 Å². The Morgan fingerprint density at radius 2 is 1.95 bits per heavy atom. The average molecular weight is 337 g/mol. The van der Waals surface area contributed by atoms with Gasteiger partial charge in [-0.3, -0.25) is 4.98 Å². The van der Waals surface area contributed by atoms with E-state index in [0.717, 1.165) is 16.5 Å². The van der Waals surface area contributed by atoms with Crippen molar-refractivity contribution in [3.05, 3.63) is 52.4 Å². The molecule has 0 radical (unpaired) electrons. The van der Waals surface area contributed by atoms with Crippen molar-refractivity contribution in [3.8, 4) is 5.88 Å². The van der Waals surface area contributed by atoms with Crippen LogP contribution in [0.15, 0.2) is 41.1 Å². The molecule has 1 aromatic heterocycles. The first-order chi connectivity index (χ1) is 9.60. The van der Waals surface area contributed by atoms with Gasteiger partial charge in [-0.05, 0) is 24.1 Å². The molecular weight excluding hydrogens is 320 g/mol. The fourth-order valence-corrected chi connectivity index (χ4v) is 2.42. The van der Waals surface area contributed by atoms with Crippen LogP contribution in [0.5, 0.6) is 5.88 Å². The molecule has 0 bridgehead atoms. The van der Waals surface area contributed by atoms with Gasteiger partial charge in [0.1, 0.15) is 5.60 Å². The van der Waals surface area contributed by atoms with Crippen LogP contribution in [-0.2, 0) is 5.60 Å². The first-order valence-electron chi connectivity index (χ1n) is 6.45. The topological polar surface area (TPSA) is 55.2 Å². The van der Waals surface area contributed by atoms with Crippen molar-refractivity contribution < 1.29 is 9.84 Å². The number of aromatic nitrogens is 2. The number of hydrogen-bond acceptors (Lipinski definition) is 4. The number of benzene rings is 1. The second-order valence-electron chi connectivity index (χ2n) is 4.56. The molecule has 1 aromatic carbocycles. The van der Waals surface area contributed by atoms with E-state index in [-0.39, 0.29) is 0 Å². The first kappa shape index (κ1) is 14.9. The number of ether oxygens (including phenoxy) is 1. The SMILES string of the molecule is CCCC(O)(c1ccc(Br)cc1)c1cncc(OC)n1. The predicted molar refractivity (Wildman–Crippen MR) is 80.6 cm³/mol. The highest BCUT2D eigenvalue weighted by Crippen LogP contribution is 2.33. The van der Waals surface area contributed by atoms with Crippen LogP contribution in [0, 0.1) is 0 Å². The van der Waals surface area contributed by atoms with Crippen LogP contribution in [0.1, 0.15) is 31.0 Å². The number of hydrogen-bond donors (Lipinski definition) is 1. The van der Waals surface area contributed by atoms with Gasteiger partial charge in [0.05, 0.1) is 25.2 Å². The third-order valence-corrected chi connectivity index (χ3v) is 3.71. The third kappa shape index (κ3) is 2.99. The molecule has 0 saturated carbocycles. The second-order valence-corrected chi connectivity index (χ2v) is 5.48. The summed E-state index contributed by atoms with van der Waals surface area (Å²) in [5, 5.41) is 11.1. The number of aliphatic hydroxyl groups is 1. The highest BCUT2D eigenvalue weighted by Gasteiger charge is 2.32. The summed E-state index contributed by atoms with van der Waals surface area (Å²) in [6.07, 6.45) is 4.50. The molecule has 0 aliphatic carbocycles. The fraction of sp³-hybridized carbons (Fsp3) is 0.333. The van der Waals surface area contributed by atoms with Crippen LogP contribution >= 0.6 is 15.9 Å². The molecule has 1 atom stereocenters. The largest absolute Gasteiger partial charge is 0.480 e. The van der Waals surface area contributed by atoms with Crippen molar-refractivity contribution in [2.75, 3.05) is 7.11 Å². The third-order valence-electron chi connectivity index (χ3n) is 3.18. The summed E-state index contributed by atoms with van der Waals surface area (Å²) in [5.41, 5.74) is 0.142. The number of halogens is 1. The summed E-state index contributed by atoms with van der Waals surface area (Å²) in [4.78, 5) is 8.42. The maximum atomic E-state index is 11.1. The summed E-state index contributed by atoms with van der Waals surface area (Å²) in [6.45, 7) is 2.03. The Morgan fingerprint density at radius 1 is 1.25 bits per heavy atom. The normalized spacial score (nSPS) is 13.8. The number of methoxy groups -OCH3 is 1. The van der Waals surface area contributed by atoms with Crippen LogP contribution in [0.3, 0.4) is 0 Å². The van der Waals surface area contributed by atoms with E-state index >= 15 is 0 Å². The summed E-state index contributed by atoms with van der Waals surface area (Å²) in [7, 11) is 1.53. The van der Waals surface area contributed by atoms with Gasteiger partial charge in [-0.15, -0.1) is 0 Å². The Hall–Kier alpha value is -1.46. The van der Waals surface area contributed by atoms with Crippen molar-refractivity contribution in [3.63, 3.8) is 0 Å². The highest BCUT2D eigenvalue weighted by molar-refractivity contribution is 9.10. The van der Waals surface area contributed by atoms with Gasteiger partial charge in [0.2, 0.25) is 5.88 Å². The molecule has 0 spiro atoms. The van der Waals surface area contributed by atoms with E-state index in [9.17, 15) is 5.11 Å². The maximum Gasteiger partial charge on any atom is 0.232 e. The van der Waals surface area contributed by atoms with E-state index in [4.69, 9.17) is 4.74 Å². The molecular formula is C15H17BrN2O2. The molecule has 106 valence electrons. The van der Waals surface area contributed by atoms with Gasteiger partial charge < -0.3 is 9.84 Å². The van der Waals surface area contributed by atoms with Gasteiger partial charge in [0.15, 0.2) is 0 Å². The number of rotatable bonds is 5. The molecule has 0 aliphatic heterocycles.